The number of fused-ring (bicyclic) bond motifs is 2. The van der Waals surface area contributed by atoms with Crippen molar-refractivity contribution in [3.63, 3.8) is 0 Å². The maximum atomic E-state index is 12.7. The highest BCUT2D eigenvalue weighted by Gasteiger charge is 2.18. The van der Waals surface area contributed by atoms with Crippen LogP contribution in [0.4, 0.5) is 0 Å². The van der Waals surface area contributed by atoms with Crippen molar-refractivity contribution >= 4 is 46.0 Å². The van der Waals surface area contributed by atoms with Crippen LogP contribution >= 0.6 is 23.2 Å². The van der Waals surface area contributed by atoms with Gasteiger partial charge in [0.05, 0.1) is 27.2 Å². The summed E-state index contributed by atoms with van der Waals surface area (Å²) in [5, 5.41) is 4.25. The van der Waals surface area contributed by atoms with E-state index in [1.807, 2.05) is 0 Å². The smallest absolute Gasteiger partial charge is 0.280 e. The molecule has 0 saturated carbocycles. The SMILES string of the molecule is O=Cc1c(-c2ccc(Cl)cc2Cl)[nH]n2c(=O)c3ccccc3nc12. The van der Waals surface area contributed by atoms with Crippen molar-refractivity contribution in [2.24, 2.45) is 0 Å². The molecule has 2 aromatic heterocycles. The Hall–Kier alpha value is -2.63. The minimum absolute atomic E-state index is 0.259. The molecule has 0 atom stereocenters. The van der Waals surface area contributed by atoms with E-state index in [0.717, 1.165) is 0 Å². The van der Waals surface area contributed by atoms with Crippen LogP contribution in [0.5, 0.6) is 0 Å². The maximum Gasteiger partial charge on any atom is 0.280 e. The normalized spacial score (nSPS) is 11.2. The lowest BCUT2D eigenvalue weighted by Gasteiger charge is -2.02. The number of nitrogens with one attached hydrogen (secondary N) is 1. The number of rotatable bonds is 2. The molecular formula is C17H9Cl2N3O2. The zero-order valence-corrected chi connectivity index (χ0v) is 13.6. The molecule has 0 amide bonds. The highest BCUT2D eigenvalue weighted by molar-refractivity contribution is 6.36. The summed E-state index contributed by atoms with van der Waals surface area (Å²) in [6, 6.07) is 11.9. The second-order valence-electron chi connectivity index (χ2n) is 5.24. The number of nitrogens with zero attached hydrogens (tertiary/aromatic N) is 2. The third-order valence-electron chi connectivity index (χ3n) is 3.83. The molecule has 0 saturated heterocycles. The predicted octanol–water partition coefficient (Wildman–Crippen LogP) is 3.96. The van der Waals surface area contributed by atoms with Crippen molar-refractivity contribution in [3.8, 4) is 11.3 Å². The van der Waals surface area contributed by atoms with E-state index in [1.165, 1.54) is 4.52 Å². The van der Waals surface area contributed by atoms with Crippen molar-refractivity contribution < 1.29 is 4.79 Å². The van der Waals surface area contributed by atoms with Gasteiger partial charge in [0.2, 0.25) is 0 Å². The maximum absolute atomic E-state index is 12.7. The van der Waals surface area contributed by atoms with Crippen LogP contribution < -0.4 is 5.56 Å². The number of aldehydes is 1. The molecule has 0 spiro atoms. The highest BCUT2D eigenvalue weighted by atomic mass is 35.5. The zero-order chi connectivity index (χ0) is 16.8. The van der Waals surface area contributed by atoms with Crippen molar-refractivity contribution in [2.75, 3.05) is 0 Å². The Bertz CT molecular complexity index is 1180. The minimum Gasteiger partial charge on any atom is -0.298 e. The molecule has 0 bridgehead atoms. The number of para-hydroxylation sites is 1. The molecule has 7 heteroatoms. The van der Waals surface area contributed by atoms with E-state index in [1.54, 1.807) is 42.5 Å². The summed E-state index contributed by atoms with van der Waals surface area (Å²) in [4.78, 5) is 28.8. The molecule has 0 radical (unpaired) electrons. The standard InChI is InChI=1S/C17H9Cl2N3O2/c18-9-5-6-10(13(19)7-9)15-12(8-23)16-20-14-4-2-1-3-11(14)17(24)22(16)21-15/h1-8,21H. The summed E-state index contributed by atoms with van der Waals surface area (Å²) in [5.74, 6) is 0. The fraction of sp³-hybridized carbons (Fsp3) is 0. The van der Waals surface area contributed by atoms with Crippen LogP contribution in [0.1, 0.15) is 10.4 Å². The Kier molecular flexibility index (Phi) is 3.40. The van der Waals surface area contributed by atoms with Crippen molar-refractivity contribution in [3.05, 3.63) is 68.4 Å². The van der Waals surface area contributed by atoms with Gasteiger partial charge in [0, 0.05) is 10.6 Å². The first-order valence-corrected chi connectivity index (χ1v) is 7.80. The first-order valence-electron chi connectivity index (χ1n) is 7.04. The van der Waals surface area contributed by atoms with Crippen LogP contribution in [0.3, 0.4) is 0 Å². The molecule has 0 fully saturated rings. The average molecular weight is 358 g/mol. The zero-order valence-electron chi connectivity index (χ0n) is 12.1. The van der Waals surface area contributed by atoms with Crippen LogP contribution in [0.25, 0.3) is 27.8 Å². The Morgan fingerprint density at radius 3 is 2.67 bits per heavy atom. The Morgan fingerprint density at radius 1 is 1.12 bits per heavy atom. The lowest BCUT2D eigenvalue weighted by Crippen LogP contribution is -2.15. The fourth-order valence-corrected chi connectivity index (χ4v) is 3.21. The Morgan fingerprint density at radius 2 is 1.92 bits per heavy atom. The molecule has 24 heavy (non-hydrogen) atoms. The fourth-order valence-electron chi connectivity index (χ4n) is 2.71. The lowest BCUT2D eigenvalue weighted by molar-refractivity contribution is 0.112. The van der Waals surface area contributed by atoms with Crippen LogP contribution in [0.15, 0.2) is 47.3 Å². The third kappa shape index (κ3) is 2.13. The third-order valence-corrected chi connectivity index (χ3v) is 4.38. The van der Waals surface area contributed by atoms with E-state index in [9.17, 15) is 9.59 Å². The Labute approximate surface area is 145 Å². The molecule has 0 aliphatic rings. The number of carbonyl (C=O) groups excluding carboxylic acids is 1. The highest BCUT2D eigenvalue weighted by Crippen LogP contribution is 2.32. The van der Waals surface area contributed by atoms with E-state index in [4.69, 9.17) is 23.2 Å². The van der Waals surface area contributed by atoms with Gasteiger partial charge in [-0.05, 0) is 30.3 Å². The van der Waals surface area contributed by atoms with E-state index in [0.29, 0.717) is 38.5 Å². The number of aromatic nitrogens is 3. The van der Waals surface area contributed by atoms with Gasteiger partial charge in [-0.1, -0.05) is 35.3 Å². The van der Waals surface area contributed by atoms with Crippen LogP contribution in [0.2, 0.25) is 10.0 Å². The number of halogens is 2. The Balaban J connectivity index is 2.14. The van der Waals surface area contributed by atoms with Gasteiger partial charge in [-0.3, -0.25) is 14.7 Å². The van der Waals surface area contributed by atoms with Crippen LogP contribution in [-0.2, 0) is 0 Å². The lowest BCUT2D eigenvalue weighted by atomic mass is 10.1. The first kappa shape index (κ1) is 14.9. The topological polar surface area (TPSA) is 67.2 Å². The summed E-state index contributed by atoms with van der Waals surface area (Å²) in [5.41, 5.74) is 1.76. The van der Waals surface area contributed by atoms with E-state index in [-0.39, 0.29) is 16.8 Å². The molecule has 2 heterocycles. The first-order chi connectivity index (χ1) is 11.6. The molecule has 4 aromatic rings. The van der Waals surface area contributed by atoms with Crippen LogP contribution in [-0.4, -0.2) is 20.9 Å². The number of hydrogen-bond donors (Lipinski definition) is 1. The number of benzene rings is 2. The summed E-state index contributed by atoms with van der Waals surface area (Å²) < 4.78 is 1.26. The molecular weight excluding hydrogens is 349 g/mol. The van der Waals surface area contributed by atoms with Crippen LogP contribution in [0, 0.1) is 0 Å². The van der Waals surface area contributed by atoms with Gasteiger partial charge in [-0.2, -0.15) is 4.52 Å². The minimum atomic E-state index is -0.282. The van der Waals surface area contributed by atoms with Gasteiger partial charge >= 0.3 is 0 Å². The number of carbonyl (C=O) groups is 1. The number of hydrogen-bond acceptors (Lipinski definition) is 3. The van der Waals surface area contributed by atoms with Crippen molar-refractivity contribution in [2.45, 2.75) is 0 Å². The van der Waals surface area contributed by atoms with Crippen molar-refractivity contribution in [1.82, 2.24) is 14.6 Å². The summed E-state index contributed by atoms with van der Waals surface area (Å²) in [7, 11) is 0. The largest absolute Gasteiger partial charge is 0.298 e. The molecule has 118 valence electrons. The monoisotopic (exact) mass is 357 g/mol. The quantitative estimate of drug-likeness (QED) is 0.552. The van der Waals surface area contributed by atoms with E-state index in [2.05, 4.69) is 10.1 Å². The van der Waals surface area contributed by atoms with E-state index < -0.39 is 0 Å². The molecule has 2 aromatic carbocycles. The molecule has 0 unspecified atom stereocenters. The molecule has 4 rings (SSSR count). The predicted molar refractivity (Wildman–Crippen MR) is 94.2 cm³/mol. The molecule has 1 N–H and O–H groups in total. The summed E-state index contributed by atoms with van der Waals surface area (Å²) >= 11 is 12.2. The van der Waals surface area contributed by atoms with Gasteiger partial charge in [0.15, 0.2) is 11.9 Å². The summed E-state index contributed by atoms with van der Waals surface area (Å²) in [6.07, 6.45) is 0.660. The second kappa shape index (κ2) is 5.47. The molecule has 5 nitrogen and oxygen atoms in total. The average Bonchev–Trinajstić information content (AvgIpc) is 2.93. The number of aromatic amines is 1. The second-order valence-corrected chi connectivity index (χ2v) is 6.08. The molecule has 0 aliphatic heterocycles. The van der Waals surface area contributed by atoms with E-state index >= 15 is 0 Å². The molecule has 0 aliphatic carbocycles. The number of H-pyrrole nitrogens is 1. The van der Waals surface area contributed by atoms with Gasteiger partial charge in [-0.25, -0.2) is 4.98 Å². The van der Waals surface area contributed by atoms with Gasteiger partial charge in [0.25, 0.3) is 5.56 Å². The van der Waals surface area contributed by atoms with Gasteiger partial charge in [0.1, 0.15) is 0 Å². The van der Waals surface area contributed by atoms with Gasteiger partial charge in [-0.15, -0.1) is 0 Å². The van der Waals surface area contributed by atoms with Crippen molar-refractivity contribution in [1.29, 1.82) is 0 Å². The summed E-state index contributed by atoms with van der Waals surface area (Å²) in [6.45, 7) is 0. The van der Waals surface area contributed by atoms with Gasteiger partial charge < -0.3 is 0 Å².